The molecule has 4 fully saturated rings. The third-order valence-corrected chi connectivity index (χ3v) is 5.52. The van der Waals surface area contributed by atoms with Crippen molar-refractivity contribution < 1.29 is 4.79 Å². The maximum atomic E-state index is 12.7. The van der Waals surface area contributed by atoms with Gasteiger partial charge in [0, 0.05) is 17.8 Å². The van der Waals surface area contributed by atoms with E-state index in [2.05, 4.69) is 4.98 Å². The van der Waals surface area contributed by atoms with Crippen LogP contribution in [0.2, 0.25) is 0 Å². The van der Waals surface area contributed by atoms with Gasteiger partial charge in [0.1, 0.15) is 0 Å². The van der Waals surface area contributed by atoms with E-state index in [4.69, 9.17) is 0 Å². The smallest absolute Gasteiger partial charge is 0.158 e. The summed E-state index contributed by atoms with van der Waals surface area (Å²) in [4.78, 5) is 16.7. The molecular formula is C15H21ClN2O. The van der Waals surface area contributed by atoms with Crippen LogP contribution in [0.3, 0.4) is 0 Å². The lowest BCUT2D eigenvalue weighted by Crippen LogP contribution is -2.50. The van der Waals surface area contributed by atoms with Gasteiger partial charge >= 0.3 is 0 Å². The average molecular weight is 281 g/mol. The Morgan fingerprint density at radius 2 is 1.74 bits per heavy atom. The Labute approximate surface area is 120 Å². The number of carbonyl (C=O) groups is 1. The first-order valence-corrected chi connectivity index (χ1v) is 7.22. The molecule has 104 valence electrons. The Kier molecular flexibility index (Phi) is 3.20. The molecule has 4 aliphatic rings. The quantitative estimate of drug-likeness (QED) is 0.853. The minimum absolute atomic E-state index is 0. The first kappa shape index (κ1) is 13.2. The summed E-state index contributed by atoms with van der Waals surface area (Å²) in [6, 6.07) is 0. The minimum Gasteiger partial charge on any atom is -0.330 e. The van der Waals surface area contributed by atoms with Gasteiger partial charge in [0.05, 0.1) is 12.9 Å². The van der Waals surface area contributed by atoms with E-state index in [1.165, 1.54) is 38.5 Å². The molecular weight excluding hydrogens is 260 g/mol. The van der Waals surface area contributed by atoms with Gasteiger partial charge in [0.2, 0.25) is 0 Å². The molecule has 0 saturated heterocycles. The summed E-state index contributed by atoms with van der Waals surface area (Å²) in [7, 11) is 0. The molecule has 4 aliphatic carbocycles. The van der Waals surface area contributed by atoms with Gasteiger partial charge in [0.15, 0.2) is 5.78 Å². The molecule has 1 aromatic heterocycles. The highest BCUT2D eigenvalue weighted by Gasteiger charge is 2.54. The number of rotatable bonds is 3. The molecule has 0 aliphatic heterocycles. The normalized spacial score (nSPS) is 39.1. The molecule has 1 heterocycles. The molecule has 4 bridgehead atoms. The SMILES string of the molecule is Cl.O=C(Cn1ccnc1)C12CC3CC(CC(C3)C1)C2. The van der Waals surface area contributed by atoms with Crippen molar-refractivity contribution >= 4 is 18.2 Å². The summed E-state index contributed by atoms with van der Waals surface area (Å²) in [6.45, 7) is 0.534. The number of Topliss-reactive ketones (excluding diaryl/α,β-unsaturated/α-hetero) is 1. The third-order valence-electron chi connectivity index (χ3n) is 5.52. The van der Waals surface area contributed by atoms with Crippen LogP contribution in [0.5, 0.6) is 0 Å². The zero-order valence-electron chi connectivity index (χ0n) is 11.1. The number of nitrogens with zero attached hydrogens (tertiary/aromatic N) is 2. The van der Waals surface area contributed by atoms with Crippen LogP contribution in [0, 0.1) is 23.2 Å². The zero-order valence-corrected chi connectivity index (χ0v) is 11.9. The van der Waals surface area contributed by atoms with Crippen LogP contribution in [0.1, 0.15) is 38.5 Å². The number of halogens is 1. The number of ketones is 1. The molecule has 0 amide bonds. The van der Waals surface area contributed by atoms with Crippen LogP contribution in [0.15, 0.2) is 18.7 Å². The van der Waals surface area contributed by atoms with E-state index in [1.807, 2.05) is 10.8 Å². The van der Waals surface area contributed by atoms with E-state index in [-0.39, 0.29) is 17.8 Å². The lowest BCUT2D eigenvalue weighted by Gasteiger charge is -2.56. The standard InChI is InChI=1S/C15H20N2O.ClH/c18-14(9-17-2-1-16-10-17)15-6-11-3-12(7-15)5-13(4-11)8-15;/h1-2,10-13H,3-9H2;1H. The van der Waals surface area contributed by atoms with E-state index in [0.717, 1.165) is 17.8 Å². The topological polar surface area (TPSA) is 34.9 Å². The molecule has 0 atom stereocenters. The molecule has 4 saturated carbocycles. The van der Waals surface area contributed by atoms with E-state index >= 15 is 0 Å². The van der Waals surface area contributed by atoms with Crippen LogP contribution in [-0.2, 0) is 11.3 Å². The summed E-state index contributed by atoms with van der Waals surface area (Å²) in [6.07, 6.45) is 13.1. The molecule has 0 spiro atoms. The summed E-state index contributed by atoms with van der Waals surface area (Å²) < 4.78 is 1.93. The fraction of sp³-hybridized carbons (Fsp3) is 0.733. The third kappa shape index (κ3) is 2.12. The van der Waals surface area contributed by atoms with Crippen molar-refractivity contribution in [3.63, 3.8) is 0 Å². The van der Waals surface area contributed by atoms with E-state index in [9.17, 15) is 4.79 Å². The van der Waals surface area contributed by atoms with Crippen molar-refractivity contribution in [3.8, 4) is 0 Å². The van der Waals surface area contributed by atoms with Crippen molar-refractivity contribution in [3.05, 3.63) is 18.7 Å². The molecule has 5 rings (SSSR count). The number of imidazole rings is 1. The average Bonchev–Trinajstić information content (AvgIpc) is 2.79. The molecule has 0 unspecified atom stereocenters. The summed E-state index contributed by atoms with van der Waals surface area (Å²) >= 11 is 0. The van der Waals surface area contributed by atoms with Crippen LogP contribution in [-0.4, -0.2) is 15.3 Å². The second kappa shape index (κ2) is 4.62. The van der Waals surface area contributed by atoms with Gasteiger partial charge in [-0.3, -0.25) is 4.79 Å². The lowest BCUT2D eigenvalue weighted by molar-refractivity contribution is -0.144. The number of carbonyl (C=O) groups excluding carboxylic acids is 1. The highest BCUT2D eigenvalue weighted by molar-refractivity contribution is 5.85. The first-order chi connectivity index (χ1) is 8.73. The highest BCUT2D eigenvalue weighted by atomic mass is 35.5. The Hall–Kier alpha value is -0.830. The van der Waals surface area contributed by atoms with Crippen molar-refractivity contribution in [1.82, 2.24) is 9.55 Å². The first-order valence-electron chi connectivity index (χ1n) is 7.22. The van der Waals surface area contributed by atoms with Crippen molar-refractivity contribution in [2.45, 2.75) is 45.1 Å². The van der Waals surface area contributed by atoms with Gasteiger partial charge < -0.3 is 4.57 Å². The molecule has 4 heteroatoms. The number of hydrogen-bond donors (Lipinski definition) is 0. The van der Waals surface area contributed by atoms with Crippen LogP contribution < -0.4 is 0 Å². The highest BCUT2D eigenvalue weighted by Crippen LogP contribution is 2.60. The molecule has 19 heavy (non-hydrogen) atoms. The molecule has 0 N–H and O–H groups in total. The van der Waals surface area contributed by atoms with Crippen LogP contribution >= 0.6 is 12.4 Å². The monoisotopic (exact) mass is 280 g/mol. The predicted molar refractivity (Wildman–Crippen MR) is 75.1 cm³/mol. The maximum absolute atomic E-state index is 12.7. The second-order valence-corrected chi connectivity index (χ2v) is 6.86. The summed E-state index contributed by atoms with van der Waals surface area (Å²) in [5.74, 6) is 3.02. The fourth-order valence-corrected chi connectivity index (χ4v) is 5.17. The van der Waals surface area contributed by atoms with Crippen molar-refractivity contribution in [1.29, 1.82) is 0 Å². The van der Waals surface area contributed by atoms with Gasteiger partial charge in [-0.1, -0.05) is 0 Å². The van der Waals surface area contributed by atoms with Gasteiger partial charge in [0.25, 0.3) is 0 Å². The van der Waals surface area contributed by atoms with Crippen LogP contribution in [0.25, 0.3) is 0 Å². The minimum atomic E-state index is 0. The van der Waals surface area contributed by atoms with E-state index in [1.54, 1.807) is 12.5 Å². The Morgan fingerprint density at radius 3 is 2.21 bits per heavy atom. The second-order valence-electron chi connectivity index (χ2n) is 6.86. The van der Waals surface area contributed by atoms with Gasteiger partial charge in [-0.15, -0.1) is 12.4 Å². The Bertz CT molecular complexity index is 433. The van der Waals surface area contributed by atoms with Gasteiger partial charge in [-0.25, -0.2) is 4.98 Å². The summed E-state index contributed by atoms with van der Waals surface area (Å²) in [5, 5.41) is 0. The van der Waals surface area contributed by atoms with Crippen LogP contribution in [0.4, 0.5) is 0 Å². The van der Waals surface area contributed by atoms with Gasteiger partial charge in [-0.2, -0.15) is 0 Å². The largest absolute Gasteiger partial charge is 0.330 e. The van der Waals surface area contributed by atoms with E-state index < -0.39 is 0 Å². The lowest BCUT2D eigenvalue weighted by atomic mass is 9.48. The molecule has 0 radical (unpaired) electrons. The Morgan fingerprint density at radius 1 is 1.16 bits per heavy atom. The fourth-order valence-electron chi connectivity index (χ4n) is 5.17. The molecule has 0 aromatic carbocycles. The van der Waals surface area contributed by atoms with Crippen molar-refractivity contribution in [2.75, 3.05) is 0 Å². The maximum Gasteiger partial charge on any atom is 0.158 e. The number of hydrogen-bond acceptors (Lipinski definition) is 2. The van der Waals surface area contributed by atoms with Crippen molar-refractivity contribution in [2.24, 2.45) is 23.2 Å². The van der Waals surface area contributed by atoms with Gasteiger partial charge in [-0.05, 0) is 56.3 Å². The molecule has 3 nitrogen and oxygen atoms in total. The predicted octanol–water partition coefficient (Wildman–Crippen LogP) is 3.09. The number of aromatic nitrogens is 2. The van der Waals surface area contributed by atoms with E-state index in [0.29, 0.717) is 12.3 Å². The summed E-state index contributed by atoms with van der Waals surface area (Å²) in [5.41, 5.74) is 0.0407. The Balaban J connectivity index is 0.00000110. The zero-order chi connectivity index (χ0) is 12.2. The molecule has 1 aromatic rings.